The van der Waals surface area contributed by atoms with Gasteiger partial charge in [0.05, 0.1) is 18.5 Å². The Bertz CT molecular complexity index is 1520. The van der Waals surface area contributed by atoms with Gasteiger partial charge in [0.2, 0.25) is 0 Å². The molecule has 38 heavy (non-hydrogen) atoms. The Hall–Kier alpha value is -4.67. The molecule has 2 amide bonds. The number of aromatic nitrogens is 2. The molecule has 2 aromatic heterocycles. The Morgan fingerprint density at radius 1 is 0.921 bits per heavy atom. The average molecular weight is 524 g/mol. The number of pyridine rings is 1. The number of hydrogen-bond donors (Lipinski definition) is 2. The van der Waals surface area contributed by atoms with Crippen molar-refractivity contribution in [2.45, 2.75) is 26.3 Å². The molecule has 4 aromatic rings. The van der Waals surface area contributed by atoms with Crippen molar-refractivity contribution in [3.05, 3.63) is 101 Å². The van der Waals surface area contributed by atoms with E-state index < -0.39 is 29.3 Å². The zero-order chi connectivity index (χ0) is 27.2. The second kappa shape index (κ2) is 11.6. The molecule has 2 N–H and O–H groups in total. The van der Waals surface area contributed by atoms with E-state index in [0.29, 0.717) is 24.2 Å². The Kier molecular flexibility index (Phi) is 8.05. The summed E-state index contributed by atoms with van der Waals surface area (Å²) in [6, 6.07) is 10.2. The van der Waals surface area contributed by atoms with E-state index in [4.69, 9.17) is 4.74 Å². The molecule has 11 heteroatoms. The van der Waals surface area contributed by atoms with E-state index in [1.807, 2.05) is 0 Å². The number of ether oxygens (including phenoxy) is 1. The smallest absolute Gasteiger partial charge is 0.306 e. The van der Waals surface area contributed by atoms with Crippen LogP contribution in [0.4, 0.5) is 18.9 Å². The second-order valence-electron chi connectivity index (χ2n) is 8.29. The van der Waals surface area contributed by atoms with Crippen LogP contribution in [0.2, 0.25) is 0 Å². The number of benzene rings is 2. The van der Waals surface area contributed by atoms with Gasteiger partial charge in [0, 0.05) is 24.7 Å². The number of nitrogens with zero attached hydrogens (tertiary/aromatic N) is 2. The molecular weight excluding hydrogens is 501 g/mol. The van der Waals surface area contributed by atoms with Gasteiger partial charge in [-0.3, -0.25) is 18.8 Å². The molecule has 0 unspecified atom stereocenters. The van der Waals surface area contributed by atoms with E-state index in [9.17, 15) is 27.6 Å². The number of hydrogen-bond acceptors (Lipinski definition) is 5. The molecule has 0 saturated heterocycles. The summed E-state index contributed by atoms with van der Waals surface area (Å²) < 4.78 is 47.4. The Balaban J connectivity index is 1.44. The highest BCUT2D eigenvalue weighted by Gasteiger charge is 2.17. The Morgan fingerprint density at radius 3 is 2.47 bits per heavy atom. The minimum atomic E-state index is -1.04. The molecule has 0 aliphatic rings. The zero-order valence-electron chi connectivity index (χ0n) is 20.3. The first-order chi connectivity index (χ1) is 18.2. The lowest BCUT2D eigenvalue weighted by atomic mass is 10.1. The van der Waals surface area contributed by atoms with Crippen LogP contribution in [-0.2, 0) is 22.5 Å². The van der Waals surface area contributed by atoms with Gasteiger partial charge >= 0.3 is 5.97 Å². The number of anilines is 1. The summed E-state index contributed by atoms with van der Waals surface area (Å²) in [5.41, 5.74) is 1.58. The normalized spacial score (nSPS) is 10.8. The number of halogens is 3. The number of rotatable bonds is 9. The van der Waals surface area contributed by atoms with Crippen LogP contribution in [0, 0.1) is 17.5 Å². The van der Waals surface area contributed by atoms with E-state index in [1.165, 1.54) is 28.8 Å². The molecule has 0 radical (unpaired) electrons. The molecule has 0 aliphatic heterocycles. The second-order valence-corrected chi connectivity index (χ2v) is 8.29. The largest absolute Gasteiger partial charge is 0.466 e. The fraction of sp³-hybridized carbons (Fsp3) is 0.185. The van der Waals surface area contributed by atoms with Crippen molar-refractivity contribution >= 4 is 29.1 Å². The molecule has 8 nitrogen and oxygen atoms in total. The first-order valence-corrected chi connectivity index (χ1v) is 11.7. The third kappa shape index (κ3) is 6.17. The maximum atomic E-state index is 14.5. The number of imidazole rings is 1. The standard InChI is InChI=1S/C27H23F3N4O4/c1-2-38-25(35)8-4-16-9-10-34-23(15-31-24(34)12-16)27(37)33-22-13-18(5-7-20(22)29)26(36)32-14-17-3-6-19(28)21(30)11-17/h3,5-7,9-13,15H,2,4,8,14H2,1H3,(H,32,36)(H,33,37). The van der Waals surface area contributed by atoms with Crippen LogP contribution >= 0.6 is 0 Å². The lowest BCUT2D eigenvalue weighted by molar-refractivity contribution is -0.143. The highest BCUT2D eigenvalue weighted by atomic mass is 19.2. The first kappa shape index (κ1) is 26.4. The molecule has 0 spiro atoms. The molecule has 0 bridgehead atoms. The highest BCUT2D eigenvalue weighted by molar-refractivity contribution is 6.04. The van der Waals surface area contributed by atoms with Gasteiger partial charge in [0.25, 0.3) is 11.8 Å². The molecule has 0 atom stereocenters. The van der Waals surface area contributed by atoms with Crippen LogP contribution in [-0.4, -0.2) is 33.8 Å². The Morgan fingerprint density at radius 2 is 1.71 bits per heavy atom. The number of aryl methyl sites for hydroxylation is 1. The lowest BCUT2D eigenvalue weighted by Gasteiger charge is -2.10. The molecule has 0 saturated carbocycles. The molecule has 0 aliphatic carbocycles. The van der Waals surface area contributed by atoms with Crippen molar-refractivity contribution in [1.29, 1.82) is 0 Å². The molecule has 196 valence electrons. The van der Waals surface area contributed by atoms with Crippen LogP contribution in [0.3, 0.4) is 0 Å². The minimum absolute atomic E-state index is 0.0497. The van der Waals surface area contributed by atoms with Gasteiger partial charge in [-0.1, -0.05) is 6.07 Å². The number of carbonyl (C=O) groups excluding carboxylic acids is 3. The van der Waals surface area contributed by atoms with Crippen LogP contribution in [0.1, 0.15) is 45.3 Å². The molecule has 2 aromatic carbocycles. The monoisotopic (exact) mass is 524 g/mol. The van der Waals surface area contributed by atoms with E-state index >= 15 is 0 Å². The van der Waals surface area contributed by atoms with Crippen LogP contribution in [0.25, 0.3) is 5.65 Å². The first-order valence-electron chi connectivity index (χ1n) is 11.7. The SMILES string of the molecule is CCOC(=O)CCc1ccn2c(C(=O)Nc3cc(C(=O)NCc4ccc(F)c(F)c4)ccc3F)cnc2c1. The van der Waals surface area contributed by atoms with Gasteiger partial charge in [0.1, 0.15) is 17.2 Å². The number of fused-ring (bicyclic) bond motifs is 1. The van der Waals surface area contributed by atoms with Gasteiger partial charge in [-0.15, -0.1) is 0 Å². The number of carbonyl (C=O) groups is 3. The molecular formula is C27H23F3N4O4. The lowest BCUT2D eigenvalue weighted by Crippen LogP contribution is -2.23. The predicted molar refractivity (Wildman–Crippen MR) is 132 cm³/mol. The van der Waals surface area contributed by atoms with E-state index in [-0.39, 0.29) is 35.9 Å². The van der Waals surface area contributed by atoms with Gasteiger partial charge in [-0.05, 0) is 66.9 Å². The van der Waals surface area contributed by atoms with Crippen LogP contribution in [0.5, 0.6) is 0 Å². The van der Waals surface area contributed by atoms with Crippen molar-refractivity contribution in [2.75, 3.05) is 11.9 Å². The topological polar surface area (TPSA) is 102 Å². The maximum Gasteiger partial charge on any atom is 0.306 e. The van der Waals surface area contributed by atoms with Crippen molar-refractivity contribution in [1.82, 2.24) is 14.7 Å². The molecule has 0 fully saturated rings. The average Bonchev–Trinajstić information content (AvgIpc) is 3.33. The number of amides is 2. The zero-order valence-corrected chi connectivity index (χ0v) is 20.3. The van der Waals surface area contributed by atoms with Crippen molar-refractivity contribution in [3.63, 3.8) is 0 Å². The summed E-state index contributed by atoms with van der Waals surface area (Å²) in [6.45, 7) is 1.96. The highest BCUT2D eigenvalue weighted by Crippen LogP contribution is 2.19. The van der Waals surface area contributed by atoms with E-state index in [0.717, 1.165) is 23.8 Å². The maximum absolute atomic E-state index is 14.5. The Labute approximate surface area is 215 Å². The van der Waals surface area contributed by atoms with E-state index in [2.05, 4.69) is 15.6 Å². The molecule has 2 heterocycles. The van der Waals surface area contributed by atoms with Gasteiger partial charge in [0.15, 0.2) is 11.6 Å². The molecule has 4 rings (SSSR count). The summed E-state index contributed by atoms with van der Waals surface area (Å²) in [5, 5.41) is 4.99. The van der Waals surface area contributed by atoms with Crippen LogP contribution < -0.4 is 10.6 Å². The third-order valence-corrected chi connectivity index (χ3v) is 5.65. The predicted octanol–water partition coefficient (Wildman–Crippen LogP) is 4.43. The summed E-state index contributed by atoms with van der Waals surface area (Å²) in [4.78, 5) is 41.2. The van der Waals surface area contributed by atoms with Gasteiger partial charge in [-0.25, -0.2) is 18.2 Å². The quantitative estimate of drug-likeness (QED) is 0.316. The number of esters is 1. The third-order valence-electron chi connectivity index (χ3n) is 5.65. The fourth-order valence-electron chi connectivity index (χ4n) is 3.71. The van der Waals surface area contributed by atoms with E-state index in [1.54, 1.807) is 25.3 Å². The summed E-state index contributed by atoms with van der Waals surface area (Å²) in [7, 11) is 0. The van der Waals surface area contributed by atoms with Crippen LogP contribution in [0.15, 0.2) is 60.9 Å². The van der Waals surface area contributed by atoms with Crippen molar-refractivity contribution in [3.8, 4) is 0 Å². The van der Waals surface area contributed by atoms with Crippen molar-refractivity contribution < 1.29 is 32.3 Å². The number of nitrogens with one attached hydrogen (secondary N) is 2. The summed E-state index contributed by atoms with van der Waals surface area (Å²) >= 11 is 0. The fourth-order valence-corrected chi connectivity index (χ4v) is 3.71. The van der Waals surface area contributed by atoms with Crippen molar-refractivity contribution in [2.24, 2.45) is 0 Å². The van der Waals surface area contributed by atoms with Gasteiger partial charge < -0.3 is 15.4 Å². The summed E-state index contributed by atoms with van der Waals surface area (Å²) in [6.07, 6.45) is 3.61. The van der Waals surface area contributed by atoms with Gasteiger partial charge in [-0.2, -0.15) is 0 Å². The minimum Gasteiger partial charge on any atom is -0.466 e. The summed E-state index contributed by atoms with van der Waals surface area (Å²) in [5.74, 6) is -4.36.